The Bertz CT molecular complexity index is 356. The molecule has 0 saturated carbocycles. The first-order valence-corrected chi connectivity index (χ1v) is 5.28. The highest BCUT2D eigenvalue weighted by molar-refractivity contribution is 5.84. The standard InChI is InChI=1S/C9H10O2.C4H6O2/c1-2-4-8(5-3-1)10-6-9-7-11-9;1-3(2)4(5)6/h1-5,9H,6-7H2;1H2,2H3,(H,5,6). The minimum absolute atomic E-state index is 0.176. The molecule has 0 spiro atoms. The van der Waals surface area contributed by atoms with Gasteiger partial charge in [-0.05, 0) is 19.1 Å². The van der Waals surface area contributed by atoms with Crippen LogP contribution in [0.2, 0.25) is 0 Å². The second kappa shape index (κ2) is 6.70. The molecule has 17 heavy (non-hydrogen) atoms. The van der Waals surface area contributed by atoms with Gasteiger partial charge in [-0.2, -0.15) is 0 Å². The third-order valence-electron chi connectivity index (χ3n) is 1.95. The van der Waals surface area contributed by atoms with Crippen molar-refractivity contribution in [3.8, 4) is 5.75 Å². The lowest BCUT2D eigenvalue weighted by molar-refractivity contribution is -0.132. The number of carboxylic acid groups (broad SMARTS) is 1. The zero-order chi connectivity index (χ0) is 12.7. The van der Waals surface area contributed by atoms with Gasteiger partial charge in [-0.15, -0.1) is 0 Å². The van der Waals surface area contributed by atoms with Crippen molar-refractivity contribution in [2.75, 3.05) is 13.2 Å². The normalized spacial score (nSPS) is 16.4. The van der Waals surface area contributed by atoms with Crippen LogP contribution in [0.4, 0.5) is 0 Å². The van der Waals surface area contributed by atoms with Crippen LogP contribution in [-0.4, -0.2) is 30.4 Å². The number of benzene rings is 1. The number of hydrogen-bond acceptors (Lipinski definition) is 3. The van der Waals surface area contributed by atoms with Crippen molar-refractivity contribution in [3.63, 3.8) is 0 Å². The molecule has 1 N–H and O–H groups in total. The van der Waals surface area contributed by atoms with Crippen molar-refractivity contribution >= 4 is 5.97 Å². The van der Waals surface area contributed by atoms with E-state index in [4.69, 9.17) is 14.6 Å². The van der Waals surface area contributed by atoms with E-state index in [2.05, 4.69) is 6.58 Å². The zero-order valence-corrected chi connectivity index (χ0v) is 9.76. The molecule has 1 unspecified atom stereocenters. The summed E-state index contributed by atoms with van der Waals surface area (Å²) in [6.07, 6.45) is 0.343. The predicted octanol–water partition coefficient (Wildman–Crippen LogP) is 2.11. The summed E-state index contributed by atoms with van der Waals surface area (Å²) >= 11 is 0. The Balaban J connectivity index is 0.000000209. The first kappa shape index (κ1) is 13.3. The van der Waals surface area contributed by atoms with Gasteiger partial charge in [-0.3, -0.25) is 0 Å². The second-order valence-electron chi connectivity index (χ2n) is 3.66. The van der Waals surface area contributed by atoms with Crippen molar-refractivity contribution in [1.29, 1.82) is 0 Å². The molecule has 0 bridgehead atoms. The van der Waals surface area contributed by atoms with Gasteiger partial charge in [-0.25, -0.2) is 4.79 Å². The van der Waals surface area contributed by atoms with E-state index in [0.29, 0.717) is 12.7 Å². The molecule has 1 aliphatic heterocycles. The van der Waals surface area contributed by atoms with Crippen molar-refractivity contribution in [2.45, 2.75) is 13.0 Å². The lowest BCUT2D eigenvalue weighted by atomic mass is 10.3. The third kappa shape index (κ3) is 6.37. The molecular formula is C13H16O4. The minimum Gasteiger partial charge on any atom is -0.491 e. The summed E-state index contributed by atoms with van der Waals surface area (Å²) in [5, 5.41) is 7.89. The van der Waals surface area contributed by atoms with Crippen molar-refractivity contribution in [2.24, 2.45) is 0 Å². The highest BCUT2D eigenvalue weighted by atomic mass is 16.6. The average molecular weight is 236 g/mol. The summed E-state index contributed by atoms with van der Waals surface area (Å²) in [6, 6.07) is 9.79. The van der Waals surface area contributed by atoms with Gasteiger partial charge in [0.1, 0.15) is 18.5 Å². The Morgan fingerprint density at radius 3 is 2.47 bits per heavy atom. The van der Waals surface area contributed by atoms with Gasteiger partial charge in [0.2, 0.25) is 0 Å². The van der Waals surface area contributed by atoms with Gasteiger partial charge in [0, 0.05) is 5.57 Å². The SMILES string of the molecule is C=C(C)C(=O)O.c1ccc(OCC2CO2)cc1. The minimum atomic E-state index is -0.935. The molecule has 1 aromatic carbocycles. The Kier molecular flexibility index (Phi) is 5.23. The molecular weight excluding hydrogens is 220 g/mol. The summed E-state index contributed by atoms with van der Waals surface area (Å²) in [4.78, 5) is 9.60. The topological polar surface area (TPSA) is 59.1 Å². The highest BCUT2D eigenvalue weighted by Gasteiger charge is 2.22. The second-order valence-corrected chi connectivity index (χ2v) is 3.66. The number of ether oxygens (including phenoxy) is 2. The fraction of sp³-hybridized carbons (Fsp3) is 0.308. The van der Waals surface area contributed by atoms with Crippen LogP contribution in [0, 0.1) is 0 Å². The fourth-order valence-corrected chi connectivity index (χ4v) is 0.870. The van der Waals surface area contributed by atoms with Gasteiger partial charge in [0.25, 0.3) is 0 Å². The van der Waals surface area contributed by atoms with Gasteiger partial charge in [0.15, 0.2) is 0 Å². The summed E-state index contributed by atoms with van der Waals surface area (Å²) < 4.78 is 10.4. The molecule has 1 fully saturated rings. The van der Waals surface area contributed by atoms with Gasteiger partial charge in [0.05, 0.1) is 6.61 Å². The zero-order valence-electron chi connectivity index (χ0n) is 9.76. The monoisotopic (exact) mass is 236 g/mol. The number of hydrogen-bond donors (Lipinski definition) is 1. The molecule has 0 amide bonds. The van der Waals surface area contributed by atoms with Crippen LogP contribution in [-0.2, 0) is 9.53 Å². The van der Waals surface area contributed by atoms with E-state index < -0.39 is 5.97 Å². The van der Waals surface area contributed by atoms with E-state index in [1.54, 1.807) is 0 Å². The fourth-order valence-electron chi connectivity index (χ4n) is 0.870. The molecule has 1 heterocycles. The maximum Gasteiger partial charge on any atom is 0.330 e. The van der Waals surface area contributed by atoms with Crippen molar-refractivity contribution in [3.05, 3.63) is 42.5 Å². The van der Waals surface area contributed by atoms with Crippen molar-refractivity contribution < 1.29 is 19.4 Å². The van der Waals surface area contributed by atoms with Crippen LogP contribution in [0.25, 0.3) is 0 Å². The van der Waals surface area contributed by atoms with Crippen LogP contribution in [0.5, 0.6) is 5.75 Å². The van der Waals surface area contributed by atoms with Gasteiger partial charge in [-0.1, -0.05) is 24.8 Å². The molecule has 4 heteroatoms. The number of epoxide rings is 1. The maximum absolute atomic E-state index is 9.60. The molecule has 92 valence electrons. The number of rotatable bonds is 4. The van der Waals surface area contributed by atoms with Crippen LogP contribution in [0.15, 0.2) is 42.5 Å². The quantitative estimate of drug-likeness (QED) is 0.642. The Morgan fingerprint density at radius 1 is 1.53 bits per heavy atom. The predicted molar refractivity (Wildman–Crippen MR) is 64.1 cm³/mol. The lowest BCUT2D eigenvalue weighted by Crippen LogP contribution is -2.03. The number of aliphatic carboxylic acids is 1. The van der Waals surface area contributed by atoms with E-state index in [1.807, 2.05) is 30.3 Å². The van der Waals surface area contributed by atoms with Crippen molar-refractivity contribution in [1.82, 2.24) is 0 Å². The Hall–Kier alpha value is -1.81. The number of carbonyl (C=O) groups is 1. The highest BCUT2D eigenvalue weighted by Crippen LogP contribution is 2.13. The van der Waals surface area contributed by atoms with E-state index in [0.717, 1.165) is 12.4 Å². The summed E-state index contributed by atoms with van der Waals surface area (Å²) in [5.41, 5.74) is 0.176. The summed E-state index contributed by atoms with van der Waals surface area (Å²) in [7, 11) is 0. The maximum atomic E-state index is 9.60. The summed E-state index contributed by atoms with van der Waals surface area (Å²) in [5.74, 6) is -0.0157. The smallest absolute Gasteiger partial charge is 0.330 e. The molecule has 0 aliphatic carbocycles. The van der Waals surface area contributed by atoms with Crippen LogP contribution >= 0.6 is 0 Å². The Labute approximate surface area is 100 Å². The third-order valence-corrected chi connectivity index (χ3v) is 1.95. The number of para-hydroxylation sites is 1. The van der Waals surface area contributed by atoms with Crippen LogP contribution in [0.1, 0.15) is 6.92 Å². The van der Waals surface area contributed by atoms with E-state index in [-0.39, 0.29) is 5.57 Å². The Morgan fingerprint density at radius 2 is 2.06 bits per heavy atom. The van der Waals surface area contributed by atoms with Crippen LogP contribution < -0.4 is 4.74 Å². The van der Waals surface area contributed by atoms with Gasteiger partial charge < -0.3 is 14.6 Å². The molecule has 1 aromatic rings. The molecule has 2 rings (SSSR count). The molecule has 1 aliphatic rings. The molecule has 4 nitrogen and oxygen atoms in total. The van der Waals surface area contributed by atoms with E-state index in [9.17, 15) is 4.79 Å². The molecule has 0 radical (unpaired) electrons. The molecule has 1 atom stereocenters. The largest absolute Gasteiger partial charge is 0.491 e. The first-order chi connectivity index (χ1) is 8.09. The molecule has 0 aromatic heterocycles. The summed E-state index contributed by atoms with van der Waals surface area (Å²) in [6.45, 7) is 6.14. The molecule has 1 saturated heterocycles. The number of carboxylic acids is 1. The first-order valence-electron chi connectivity index (χ1n) is 5.28. The average Bonchev–Trinajstić information content (AvgIpc) is 3.12. The lowest BCUT2D eigenvalue weighted by Gasteiger charge is -2.01. The van der Waals surface area contributed by atoms with E-state index >= 15 is 0 Å². The van der Waals surface area contributed by atoms with E-state index in [1.165, 1.54) is 6.92 Å². The van der Waals surface area contributed by atoms with Crippen LogP contribution in [0.3, 0.4) is 0 Å². The van der Waals surface area contributed by atoms with Gasteiger partial charge >= 0.3 is 5.97 Å².